The average molecular weight is 498 g/mol. The lowest BCUT2D eigenvalue weighted by Gasteiger charge is -2.12. The smallest absolute Gasteiger partial charge is 0.321 e. The van der Waals surface area contributed by atoms with E-state index in [0.717, 1.165) is 17.5 Å². The van der Waals surface area contributed by atoms with E-state index < -0.39 is 5.91 Å². The summed E-state index contributed by atoms with van der Waals surface area (Å²) in [7, 11) is 3.31. The number of aromatic amines is 1. The fourth-order valence-electron chi connectivity index (χ4n) is 3.96. The number of halogens is 1. The lowest BCUT2D eigenvalue weighted by Crippen LogP contribution is -2.27. The van der Waals surface area contributed by atoms with E-state index in [4.69, 9.17) is 0 Å². The number of carbonyl (C=O) groups excluding carboxylic acids is 2. The number of amides is 3. The van der Waals surface area contributed by atoms with Gasteiger partial charge in [0, 0.05) is 36.8 Å². The topological polar surface area (TPSA) is 116 Å². The summed E-state index contributed by atoms with van der Waals surface area (Å²) in [5.74, 6) is -0.693. The Bertz CT molecular complexity index is 1550. The molecule has 0 atom stereocenters. The summed E-state index contributed by atoms with van der Waals surface area (Å²) >= 11 is 0. The van der Waals surface area contributed by atoms with E-state index >= 15 is 0 Å². The van der Waals surface area contributed by atoms with Crippen LogP contribution in [0.2, 0.25) is 0 Å². The Kier molecular flexibility index (Phi) is 6.46. The first-order valence-electron chi connectivity index (χ1n) is 11.6. The van der Waals surface area contributed by atoms with Gasteiger partial charge in [-0.15, -0.1) is 0 Å². The fraction of sp³-hybridized carbons (Fsp3) is 0.148. The Hall–Kier alpha value is -4.86. The highest BCUT2D eigenvalue weighted by atomic mass is 19.1. The van der Waals surface area contributed by atoms with Gasteiger partial charge in [-0.25, -0.2) is 9.18 Å². The first kappa shape index (κ1) is 23.9. The minimum atomic E-state index is -0.411. The number of nitrogens with one attached hydrogen (secondary N) is 3. The molecule has 0 radical (unpaired) electrons. The van der Waals surface area contributed by atoms with Crippen molar-refractivity contribution in [2.24, 2.45) is 0 Å². The molecule has 0 bridgehead atoms. The van der Waals surface area contributed by atoms with Crippen LogP contribution in [0.3, 0.4) is 0 Å². The maximum atomic E-state index is 14.1. The number of nitrogens with zero attached hydrogens (tertiary/aromatic N) is 4. The Labute approximate surface area is 212 Å². The van der Waals surface area contributed by atoms with Crippen molar-refractivity contribution >= 4 is 39.8 Å². The summed E-state index contributed by atoms with van der Waals surface area (Å²) in [5, 5.41) is 13.3. The molecule has 186 valence electrons. The van der Waals surface area contributed by atoms with Crippen molar-refractivity contribution in [2.45, 2.75) is 12.8 Å². The summed E-state index contributed by atoms with van der Waals surface area (Å²) in [6.07, 6.45) is 9.56. The molecule has 0 aliphatic heterocycles. The lowest BCUT2D eigenvalue weighted by atomic mass is 10.0. The van der Waals surface area contributed by atoms with Gasteiger partial charge in [0.2, 0.25) is 0 Å². The Morgan fingerprint density at radius 3 is 2.54 bits per heavy atom. The molecular weight excluding hydrogens is 473 g/mol. The van der Waals surface area contributed by atoms with Gasteiger partial charge in [0.1, 0.15) is 5.83 Å². The molecule has 0 fully saturated rings. The molecule has 0 spiro atoms. The molecule has 0 unspecified atom stereocenters. The minimum Gasteiger partial charge on any atom is -0.331 e. The van der Waals surface area contributed by atoms with Crippen molar-refractivity contribution in [1.29, 1.82) is 0 Å². The first-order chi connectivity index (χ1) is 17.9. The number of pyridine rings is 2. The summed E-state index contributed by atoms with van der Waals surface area (Å²) < 4.78 is 14.1. The van der Waals surface area contributed by atoms with E-state index in [0.29, 0.717) is 40.0 Å². The molecule has 3 N–H and O–H groups in total. The van der Waals surface area contributed by atoms with Crippen LogP contribution in [-0.4, -0.2) is 51.1 Å². The monoisotopic (exact) mass is 497 g/mol. The minimum absolute atomic E-state index is 0.218. The second kappa shape index (κ2) is 10.0. The number of benzene rings is 1. The molecule has 5 rings (SSSR count). The van der Waals surface area contributed by atoms with Crippen molar-refractivity contribution in [1.82, 2.24) is 25.1 Å². The Balaban J connectivity index is 1.37. The highest BCUT2D eigenvalue weighted by Crippen LogP contribution is 2.29. The summed E-state index contributed by atoms with van der Waals surface area (Å²) in [6, 6.07) is 10.5. The van der Waals surface area contributed by atoms with Gasteiger partial charge >= 0.3 is 6.03 Å². The molecule has 1 aliphatic carbocycles. The molecule has 10 heteroatoms. The second-order valence-electron chi connectivity index (χ2n) is 8.75. The van der Waals surface area contributed by atoms with Gasteiger partial charge in [-0.05, 0) is 54.8 Å². The quantitative estimate of drug-likeness (QED) is 0.342. The van der Waals surface area contributed by atoms with Crippen molar-refractivity contribution < 1.29 is 14.0 Å². The number of hydrogen-bond donors (Lipinski definition) is 3. The van der Waals surface area contributed by atoms with Gasteiger partial charge in [-0.1, -0.05) is 12.1 Å². The number of allylic oxidation sites excluding steroid dienone is 4. The zero-order chi connectivity index (χ0) is 25.9. The standard InChI is InChI=1S/C27H24FN7O2/c1-35(2)27(37)32-19-11-17(13-29-14-19)16-7-9-24-21(12-16)25(34-33-24)26(36)31-18-8-10-23(30-15-18)20-5-3-4-6-22(20)28/h5-15H,3-4H2,1-2H3,(H,31,36)(H,32,37)(H,33,34). The summed E-state index contributed by atoms with van der Waals surface area (Å²) in [5.41, 5.74) is 4.48. The van der Waals surface area contributed by atoms with Crippen LogP contribution in [0.1, 0.15) is 29.0 Å². The number of hydrogen-bond acceptors (Lipinski definition) is 5. The van der Waals surface area contributed by atoms with Crippen LogP contribution in [-0.2, 0) is 0 Å². The maximum Gasteiger partial charge on any atom is 0.321 e. The average Bonchev–Trinajstić information content (AvgIpc) is 3.33. The fourth-order valence-corrected chi connectivity index (χ4v) is 3.96. The Morgan fingerprint density at radius 1 is 0.946 bits per heavy atom. The van der Waals surface area contributed by atoms with Crippen molar-refractivity contribution in [3.05, 3.63) is 84.4 Å². The number of anilines is 2. The van der Waals surface area contributed by atoms with Gasteiger partial charge in [0.15, 0.2) is 5.69 Å². The molecule has 3 amide bonds. The van der Waals surface area contributed by atoms with Gasteiger partial charge < -0.3 is 15.5 Å². The predicted octanol–water partition coefficient (Wildman–Crippen LogP) is 5.40. The van der Waals surface area contributed by atoms with Crippen molar-refractivity contribution in [2.75, 3.05) is 24.7 Å². The van der Waals surface area contributed by atoms with E-state index in [9.17, 15) is 14.0 Å². The molecule has 3 heterocycles. The van der Waals surface area contributed by atoms with Gasteiger partial charge in [0.25, 0.3) is 5.91 Å². The number of carbonyl (C=O) groups is 2. The Morgan fingerprint density at radius 2 is 1.78 bits per heavy atom. The van der Waals surface area contributed by atoms with Crippen LogP contribution in [0.25, 0.3) is 27.6 Å². The van der Waals surface area contributed by atoms with Crippen LogP contribution in [0.15, 0.2) is 73.0 Å². The number of aromatic nitrogens is 4. The molecule has 1 aliphatic rings. The third-order valence-electron chi connectivity index (χ3n) is 5.90. The second-order valence-corrected chi connectivity index (χ2v) is 8.75. The third kappa shape index (κ3) is 5.08. The van der Waals surface area contributed by atoms with Gasteiger partial charge in [0.05, 0.1) is 35.0 Å². The zero-order valence-electron chi connectivity index (χ0n) is 20.2. The molecular formula is C27H24FN7O2. The highest BCUT2D eigenvalue weighted by molar-refractivity contribution is 6.11. The molecule has 37 heavy (non-hydrogen) atoms. The van der Waals surface area contributed by atoms with Crippen LogP contribution >= 0.6 is 0 Å². The molecule has 1 aromatic carbocycles. The van der Waals surface area contributed by atoms with Crippen molar-refractivity contribution in [3.63, 3.8) is 0 Å². The normalized spacial score (nSPS) is 13.1. The molecule has 3 aromatic heterocycles. The van der Waals surface area contributed by atoms with Gasteiger partial charge in [-0.2, -0.15) is 5.10 Å². The molecule has 0 saturated carbocycles. The highest BCUT2D eigenvalue weighted by Gasteiger charge is 2.17. The molecule has 9 nitrogen and oxygen atoms in total. The zero-order valence-corrected chi connectivity index (χ0v) is 20.2. The van der Waals surface area contributed by atoms with Crippen molar-refractivity contribution in [3.8, 4) is 11.1 Å². The van der Waals surface area contributed by atoms with E-state index in [1.165, 1.54) is 11.1 Å². The lowest BCUT2D eigenvalue weighted by molar-refractivity contribution is 0.102. The van der Waals surface area contributed by atoms with E-state index in [-0.39, 0.29) is 17.6 Å². The van der Waals surface area contributed by atoms with E-state index in [1.54, 1.807) is 44.7 Å². The van der Waals surface area contributed by atoms with Crippen LogP contribution in [0, 0.1) is 0 Å². The van der Waals surface area contributed by atoms with Gasteiger partial charge in [-0.3, -0.25) is 19.9 Å². The molecule has 4 aromatic rings. The SMILES string of the molecule is CN(C)C(=O)Nc1cncc(-c2ccc3[nH]nc(C(=O)Nc4ccc(C5=CCCC=C5F)nc4)c3c2)c1. The summed E-state index contributed by atoms with van der Waals surface area (Å²) in [6.45, 7) is 0. The predicted molar refractivity (Wildman–Crippen MR) is 141 cm³/mol. The van der Waals surface area contributed by atoms with E-state index in [2.05, 4.69) is 30.8 Å². The van der Waals surface area contributed by atoms with Crippen LogP contribution in [0.4, 0.5) is 20.6 Å². The van der Waals surface area contributed by atoms with Crippen LogP contribution < -0.4 is 10.6 Å². The third-order valence-corrected chi connectivity index (χ3v) is 5.90. The van der Waals surface area contributed by atoms with Crippen LogP contribution in [0.5, 0.6) is 0 Å². The maximum absolute atomic E-state index is 14.1. The summed E-state index contributed by atoms with van der Waals surface area (Å²) in [4.78, 5) is 35.0. The number of urea groups is 1. The molecule has 0 saturated heterocycles. The number of fused-ring (bicyclic) bond motifs is 1. The number of rotatable bonds is 5. The largest absolute Gasteiger partial charge is 0.331 e. The van der Waals surface area contributed by atoms with E-state index in [1.807, 2.05) is 30.3 Å². The first-order valence-corrected chi connectivity index (χ1v) is 11.6. The number of H-pyrrole nitrogens is 1.